The van der Waals surface area contributed by atoms with Crippen molar-refractivity contribution in [1.82, 2.24) is 4.90 Å². The lowest BCUT2D eigenvalue weighted by Crippen LogP contribution is -2.42. The molecule has 1 aliphatic rings. The van der Waals surface area contributed by atoms with Crippen LogP contribution in [0, 0.1) is 11.7 Å². The summed E-state index contributed by atoms with van der Waals surface area (Å²) in [5, 5.41) is 0. The average molecular weight is 341 g/mol. The fraction of sp³-hybridized carbons (Fsp3) is 0.611. The van der Waals surface area contributed by atoms with E-state index in [2.05, 4.69) is 0 Å². The minimum atomic E-state index is -0.446. The summed E-state index contributed by atoms with van der Waals surface area (Å²) < 4.78 is 18.3. The van der Waals surface area contributed by atoms with Gasteiger partial charge in [-0.2, -0.15) is 13.5 Å². The van der Waals surface area contributed by atoms with Crippen molar-refractivity contribution in [3.05, 3.63) is 35.6 Å². The Morgan fingerprint density at radius 2 is 1.96 bits per heavy atom. The normalized spacial score (nSPS) is 18.3. The summed E-state index contributed by atoms with van der Waals surface area (Å²) in [6.07, 6.45) is 3.89. The van der Waals surface area contributed by atoms with Crippen LogP contribution in [0.15, 0.2) is 24.3 Å². The second kappa shape index (κ2) is 8.57. The standard InChI is InChI=1S/C18H26FNO2.H2S/c1-18(2,3)22-17(21)20-12-4-5-15(13-20)7-6-14-8-10-16(19)11-9-14;/h8-11,15H,4-7,12-13H2,1-3H3;1H2/t15-;/m1./s1. The van der Waals surface area contributed by atoms with E-state index < -0.39 is 5.60 Å². The lowest BCUT2D eigenvalue weighted by molar-refractivity contribution is 0.0162. The second-order valence-corrected chi connectivity index (χ2v) is 7.10. The third kappa shape index (κ3) is 6.81. The molecule has 0 unspecified atom stereocenters. The van der Waals surface area contributed by atoms with E-state index in [1.165, 1.54) is 12.1 Å². The van der Waals surface area contributed by atoms with Gasteiger partial charge in [-0.05, 0) is 70.1 Å². The van der Waals surface area contributed by atoms with Gasteiger partial charge in [0.05, 0.1) is 0 Å². The largest absolute Gasteiger partial charge is 0.444 e. The van der Waals surface area contributed by atoms with Crippen molar-refractivity contribution in [3.8, 4) is 0 Å². The number of ether oxygens (including phenoxy) is 1. The van der Waals surface area contributed by atoms with Crippen molar-refractivity contribution in [2.75, 3.05) is 13.1 Å². The molecule has 130 valence electrons. The number of aryl methyl sites for hydroxylation is 1. The van der Waals surface area contributed by atoms with E-state index in [9.17, 15) is 9.18 Å². The Hall–Kier alpha value is -1.23. The number of hydrogen-bond acceptors (Lipinski definition) is 2. The molecule has 3 nitrogen and oxygen atoms in total. The van der Waals surface area contributed by atoms with Crippen molar-refractivity contribution in [3.63, 3.8) is 0 Å². The topological polar surface area (TPSA) is 29.5 Å². The zero-order valence-corrected chi connectivity index (χ0v) is 15.3. The molecule has 0 N–H and O–H groups in total. The van der Waals surface area contributed by atoms with Crippen molar-refractivity contribution >= 4 is 19.6 Å². The van der Waals surface area contributed by atoms with Gasteiger partial charge in [0.15, 0.2) is 0 Å². The van der Waals surface area contributed by atoms with E-state index in [0.29, 0.717) is 5.92 Å². The third-order valence-corrected chi connectivity index (χ3v) is 3.93. The number of nitrogens with zero attached hydrogens (tertiary/aromatic N) is 1. The molecular weight excluding hydrogens is 313 g/mol. The predicted octanol–water partition coefficient (Wildman–Crippen LogP) is 4.52. The van der Waals surface area contributed by atoms with Gasteiger partial charge in [-0.1, -0.05) is 12.1 Å². The molecule has 1 atom stereocenters. The van der Waals surface area contributed by atoms with Crippen molar-refractivity contribution in [2.24, 2.45) is 5.92 Å². The molecule has 0 aliphatic carbocycles. The van der Waals surface area contributed by atoms with Crippen molar-refractivity contribution in [1.29, 1.82) is 0 Å². The number of amides is 1. The van der Waals surface area contributed by atoms with Crippen LogP contribution in [-0.4, -0.2) is 29.7 Å². The van der Waals surface area contributed by atoms with Crippen LogP contribution in [0.4, 0.5) is 9.18 Å². The van der Waals surface area contributed by atoms with Gasteiger partial charge in [-0.25, -0.2) is 9.18 Å². The number of carbonyl (C=O) groups excluding carboxylic acids is 1. The Kier molecular flexibility index (Phi) is 7.39. The van der Waals surface area contributed by atoms with E-state index in [0.717, 1.165) is 44.3 Å². The van der Waals surface area contributed by atoms with Crippen LogP contribution in [0.1, 0.15) is 45.6 Å². The molecular formula is C18H28FNO2S. The highest BCUT2D eigenvalue weighted by molar-refractivity contribution is 7.59. The lowest BCUT2D eigenvalue weighted by atomic mass is 9.92. The van der Waals surface area contributed by atoms with Crippen LogP contribution in [-0.2, 0) is 11.2 Å². The Labute approximate surface area is 145 Å². The summed E-state index contributed by atoms with van der Waals surface area (Å²) in [5.41, 5.74) is 0.703. The van der Waals surface area contributed by atoms with E-state index >= 15 is 0 Å². The zero-order valence-electron chi connectivity index (χ0n) is 14.3. The molecule has 1 aliphatic heterocycles. The van der Waals surface area contributed by atoms with Gasteiger partial charge in [-0.3, -0.25) is 0 Å². The molecule has 1 fully saturated rings. The number of rotatable bonds is 3. The second-order valence-electron chi connectivity index (χ2n) is 7.10. The van der Waals surface area contributed by atoms with Gasteiger partial charge < -0.3 is 9.64 Å². The SMILES string of the molecule is CC(C)(C)OC(=O)N1CCC[C@H](CCc2ccc(F)cc2)C1.S. The summed E-state index contributed by atoms with van der Waals surface area (Å²) >= 11 is 0. The maximum absolute atomic E-state index is 12.9. The molecule has 1 aromatic rings. The molecule has 5 heteroatoms. The Balaban J connectivity index is 0.00000264. The molecule has 1 aromatic carbocycles. The molecule has 0 saturated carbocycles. The summed E-state index contributed by atoms with van der Waals surface area (Å²) in [6, 6.07) is 6.68. The number of likely N-dealkylation sites (tertiary alicyclic amines) is 1. The summed E-state index contributed by atoms with van der Waals surface area (Å²) in [6.45, 7) is 7.21. The van der Waals surface area contributed by atoms with Gasteiger partial charge >= 0.3 is 6.09 Å². The molecule has 1 amide bonds. The molecule has 0 spiro atoms. The third-order valence-electron chi connectivity index (χ3n) is 3.93. The number of piperidine rings is 1. The van der Waals surface area contributed by atoms with Crippen LogP contribution in [0.25, 0.3) is 0 Å². The number of benzene rings is 1. The Morgan fingerprint density at radius 3 is 2.57 bits per heavy atom. The molecule has 1 heterocycles. The summed E-state index contributed by atoms with van der Waals surface area (Å²) in [5.74, 6) is 0.295. The first-order valence-electron chi connectivity index (χ1n) is 8.06. The molecule has 0 bridgehead atoms. The fourth-order valence-electron chi connectivity index (χ4n) is 2.81. The van der Waals surface area contributed by atoms with Gasteiger partial charge in [0.1, 0.15) is 11.4 Å². The fourth-order valence-corrected chi connectivity index (χ4v) is 2.81. The van der Waals surface area contributed by atoms with Gasteiger partial charge in [0, 0.05) is 13.1 Å². The number of halogens is 1. The van der Waals surface area contributed by atoms with Gasteiger partial charge in [0.2, 0.25) is 0 Å². The zero-order chi connectivity index (χ0) is 16.2. The van der Waals surface area contributed by atoms with E-state index in [-0.39, 0.29) is 25.4 Å². The number of carbonyl (C=O) groups is 1. The summed E-state index contributed by atoms with van der Waals surface area (Å²) in [4.78, 5) is 14.0. The highest BCUT2D eigenvalue weighted by atomic mass is 32.1. The highest BCUT2D eigenvalue weighted by Gasteiger charge is 2.27. The molecule has 1 saturated heterocycles. The molecule has 0 radical (unpaired) electrons. The van der Waals surface area contributed by atoms with E-state index in [1.54, 1.807) is 0 Å². The maximum atomic E-state index is 12.9. The highest BCUT2D eigenvalue weighted by Crippen LogP contribution is 2.23. The quantitative estimate of drug-likeness (QED) is 0.809. The minimum absolute atomic E-state index is 0. The molecule has 23 heavy (non-hydrogen) atoms. The molecule has 0 aromatic heterocycles. The van der Waals surface area contributed by atoms with Crippen LogP contribution in [0.3, 0.4) is 0 Å². The first-order valence-corrected chi connectivity index (χ1v) is 8.06. The number of hydrogen-bond donors (Lipinski definition) is 0. The van der Waals surface area contributed by atoms with Gasteiger partial charge in [-0.15, -0.1) is 0 Å². The minimum Gasteiger partial charge on any atom is -0.444 e. The summed E-state index contributed by atoms with van der Waals surface area (Å²) in [7, 11) is 0. The molecule has 2 rings (SSSR count). The van der Waals surface area contributed by atoms with Crippen LogP contribution in [0.2, 0.25) is 0 Å². The van der Waals surface area contributed by atoms with Crippen molar-refractivity contribution < 1.29 is 13.9 Å². The maximum Gasteiger partial charge on any atom is 0.410 e. The van der Waals surface area contributed by atoms with Crippen LogP contribution >= 0.6 is 13.5 Å². The lowest BCUT2D eigenvalue weighted by Gasteiger charge is -2.34. The van der Waals surface area contributed by atoms with E-state index in [1.807, 2.05) is 37.8 Å². The predicted molar refractivity (Wildman–Crippen MR) is 95.6 cm³/mol. The van der Waals surface area contributed by atoms with Crippen LogP contribution in [0.5, 0.6) is 0 Å². The average Bonchev–Trinajstić information content (AvgIpc) is 2.45. The first kappa shape index (κ1) is 19.8. The monoisotopic (exact) mass is 341 g/mol. The smallest absolute Gasteiger partial charge is 0.410 e. The van der Waals surface area contributed by atoms with E-state index in [4.69, 9.17) is 4.74 Å². The first-order chi connectivity index (χ1) is 10.3. The van der Waals surface area contributed by atoms with Crippen LogP contribution < -0.4 is 0 Å². The van der Waals surface area contributed by atoms with Gasteiger partial charge in [0.25, 0.3) is 0 Å². The Bertz CT molecular complexity index is 499. The Morgan fingerprint density at radius 1 is 1.30 bits per heavy atom. The van der Waals surface area contributed by atoms with Crippen molar-refractivity contribution in [2.45, 2.75) is 52.1 Å².